The van der Waals surface area contributed by atoms with Crippen LogP contribution in [-0.2, 0) is 4.57 Å². The minimum Gasteiger partial charge on any atom is -0.330 e. The summed E-state index contributed by atoms with van der Waals surface area (Å²) in [5.41, 5.74) is 5.47. The summed E-state index contributed by atoms with van der Waals surface area (Å²) in [6.07, 6.45) is 50.8. The molecular formula is C42H88NOP. The Morgan fingerprint density at radius 1 is 0.356 bits per heavy atom. The van der Waals surface area contributed by atoms with E-state index in [9.17, 15) is 4.57 Å². The zero-order chi connectivity index (χ0) is 33.4. The molecule has 0 aliphatic heterocycles. The summed E-state index contributed by atoms with van der Waals surface area (Å²) in [6.45, 7) is 9.96. The van der Waals surface area contributed by atoms with Gasteiger partial charge in [-0.25, -0.2) is 0 Å². The van der Waals surface area contributed by atoms with Gasteiger partial charge in [-0.05, 0) is 57.9 Å². The fourth-order valence-electron chi connectivity index (χ4n) is 6.27. The highest BCUT2D eigenvalue weighted by Gasteiger charge is 2.20. The van der Waals surface area contributed by atoms with Crippen molar-refractivity contribution in [3.8, 4) is 0 Å². The third-order valence-electron chi connectivity index (χ3n) is 9.47. The van der Waals surface area contributed by atoms with E-state index in [1.165, 1.54) is 205 Å². The molecule has 272 valence electrons. The first-order valence-corrected chi connectivity index (χ1v) is 23.3. The first-order chi connectivity index (χ1) is 22.1. The average Bonchev–Trinajstić information content (AvgIpc) is 3.04. The van der Waals surface area contributed by atoms with Crippen molar-refractivity contribution in [2.45, 2.75) is 233 Å². The Bertz CT molecular complexity index is 542. The van der Waals surface area contributed by atoms with E-state index in [0.717, 1.165) is 25.0 Å². The van der Waals surface area contributed by atoms with Crippen LogP contribution in [-0.4, -0.2) is 25.0 Å². The van der Waals surface area contributed by atoms with Crippen LogP contribution in [0.15, 0.2) is 12.2 Å². The van der Waals surface area contributed by atoms with E-state index in [-0.39, 0.29) is 0 Å². The standard InChI is InChI=1S/C24H51OP.C18H37N/c1-4-7-10-13-16-19-22-26(25,23-20-17-14-11-8-5-2)24-21-18-15-12-9-6-3;1-2-3-4-5-6-7-8-9-10-11-12-13-14-15-16-17-18-19/h4-24H2,1-3H3;9-10H,2-8,11-19H2,1H3/b;10-9-. The Morgan fingerprint density at radius 3 is 0.889 bits per heavy atom. The molecule has 2 nitrogen and oxygen atoms in total. The van der Waals surface area contributed by atoms with E-state index in [2.05, 4.69) is 39.8 Å². The fourth-order valence-corrected chi connectivity index (χ4v) is 9.34. The van der Waals surface area contributed by atoms with Gasteiger partial charge >= 0.3 is 0 Å². The molecule has 0 rings (SSSR count). The highest BCUT2D eigenvalue weighted by molar-refractivity contribution is 7.63. The van der Waals surface area contributed by atoms with Crippen LogP contribution >= 0.6 is 7.14 Å². The highest BCUT2D eigenvalue weighted by Crippen LogP contribution is 2.48. The molecule has 0 aliphatic carbocycles. The number of nitrogens with two attached hydrogens (primary N) is 1. The van der Waals surface area contributed by atoms with E-state index in [1.54, 1.807) is 0 Å². The Morgan fingerprint density at radius 2 is 0.600 bits per heavy atom. The Hall–Kier alpha value is -0.0700. The number of allylic oxidation sites excluding steroid dienone is 2. The third-order valence-corrected chi connectivity index (χ3v) is 12.9. The fraction of sp³-hybridized carbons (Fsp3) is 0.952. The number of unbranched alkanes of at least 4 members (excludes halogenated alkanes) is 27. The maximum Gasteiger partial charge on any atom is 0.0877 e. The second kappa shape index (κ2) is 42.0. The molecule has 0 aromatic carbocycles. The molecule has 0 fully saturated rings. The molecule has 0 aliphatic rings. The quantitative estimate of drug-likeness (QED) is 0.0415. The van der Waals surface area contributed by atoms with E-state index in [0.29, 0.717) is 0 Å². The van der Waals surface area contributed by atoms with Crippen LogP contribution in [0.4, 0.5) is 0 Å². The van der Waals surface area contributed by atoms with E-state index in [4.69, 9.17) is 5.73 Å². The Kier molecular flexibility index (Phi) is 43.9. The van der Waals surface area contributed by atoms with E-state index >= 15 is 0 Å². The summed E-state index contributed by atoms with van der Waals surface area (Å²) in [4.78, 5) is 0. The lowest BCUT2D eigenvalue weighted by atomic mass is 10.1. The second-order valence-corrected chi connectivity index (χ2v) is 17.7. The molecule has 45 heavy (non-hydrogen) atoms. The Labute approximate surface area is 287 Å². The van der Waals surface area contributed by atoms with Crippen LogP contribution in [0.3, 0.4) is 0 Å². The van der Waals surface area contributed by atoms with Crippen molar-refractivity contribution in [1.82, 2.24) is 0 Å². The molecule has 3 heteroatoms. The smallest absolute Gasteiger partial charge is 0.0877 e. The lowest BCUT2D eigenvalue weighted by Crippen LogP contribution is -2.02. The molecule has 0 bridgehead atoms. The normalized spacial score (nSPS) is 11.8. The zero-order valence-electron chi connectivity index (χ0n) is 32.0. The van der Waals surface area contributed by atoms with Crippen LogP contribution in [0, 0.1) is 0 Å². The van der Waals surface area contributed by atoms with Gasteiger partial charge in [0, 0.05) is 18.5 Å². The van der Waals surface area contributed by atoms with Gasteiger partial charge in [0.15, 0.2) is 0 Å². The average molecular weight is 654 g/mol. The predicted octanol–water partition coefficient (Wildman–Crippen LogP) is 15.4. The van der Waals surface area contributed by atoms with Gasteiger partial charge in [0.05, 0.1) is 7.14 Å². The first kappa shape index (κ1) is 47.0. The minimum atomic E-state index is -1.89. The summed E-state index contributed by atoms with van der Waals surface area (Å²) in [5.74, 6) is 0. The summed E-state index contributed by atoms with van der Waals surface area (Å²) in [6, 6.07) is 0. The lowest BCUT2D eigenvalue weighted by molar-refractivity contribution is 0.555. The topological polar surface area (TPSA) is 43.1 Å². The monoisotopic (exact) mass is 654 g/mol. The Balaban J connectivity index is 0. The molecule has 0 saturated heterocycles. The molecule has 0 spiro atoms. The van der Waals surface area contributed by atoms with Crippen molar-refractivity contribution < 1.29 is 4.57 Å². The SMILES string of the molecule is CCCCCCCC/C=C\CCCCCCCCN.CCCCCCCCP(=O)(CCCCCCCC)CCCCCCCC. The van der Waals surface area contributed by atoms with Crippen LogP contribution in [0.1, 0.15) is 233 Å². The van der Waals surface area contributed by atoms with Crippen molar-refractivity contribution in [2.75, 3.05) is 25.0 Å². The van der Waals surface area contributed by atoms with Gasteiger partial charge in [0.1, 0.15) is 0 Å². The predicted molar refractivity (Wildman–Crippen MR) is 211 cm³/mol. The summed E-state index contributed by atoms with van der Waals surface area (Å²) >= 11 is 0. The van der Waals surface area contributed by atoms with E-state index < -0.39 is 7.14 Å². The van der Waals surface area contributed by atoms with Crippen LogP contribution in [0.2, 0.25) is 0 Å². The van der Waals surface area contributed by atoms with Crippen molar-refractivity contribution in [2.24, 2.45) is 5.73 Å². The van der Waals surface area contributed by atoms with Gasteiger partial charge in [0.2, 0.25) is 0 Å². The van der Waals surface area contributed by atoms with Crippen molar-refractivity contribution >= 4 is 7.14 Å². The maximum absolute atomic E-state index is 13.5. The van der Waals surface area contributed by atoms with Crippen LogP contribution in [0.5, 0.6) is 0 Å². The number of hydrogen-bond donors (Lipinski definition) is 1. The molecule has 0 amide bonds. The molecule has 0 radical (unpaired) electrons. The maximum atomic E-state index is 13.5. The molecule has 0 aromatic heterocycles. The molecular weight excluding hydrogens is 565 g/mol. The van der Waals surface area contributed by atoms with E-state index in [1.807, 2.05) is 0 Å². The summed E-state index contributed by atoms with van der Waals surface area (Å²) in [5, 5.41) is 0. The molecule has 0 heterocycles. The summed E-state index contributed by atoms with van der Waals surface area (Å²) in [7, 11) is -1.89. The van der Waals surface area contributed by atoms with Gasteiger partial charge in [0.25, 0.3) is 0 Å². The van der Waals surface area contributed by atoms with Gasteiger partial charge in [-0.15, -0.1) is 0 Å². The molecule has 0 atom stereocenters. The molecule has 2 N–H and O–H groups in total. The lowest BCUT2D eigenvalue weighted by Gasteiger charge is -2.18. The van der Waals surface area contributed by atoms with Gasteiger partial charge < -0.3 is 10.3 Å². The second-order valence-electron chi connectivity index (χ2n) is 14.3. The van der Waals surface area contributed by atoms with Crippen molar-refractivity contribution in [1.29, 1.82) is 0 Å². The van der Waals surface area contributed by atoms with Crippen molar-refractivity contribution in [3.05, 3.63) is 12.2 Å². The first-order valence-electron chi connectivity index (χ1n) is 21.0. The summed E-state index contributed by atoms with van der Waals surface area (Å²) < 4.78 is 13.5. The molecule has 0 saturated carbocycles. The van der Waals surface area contributed by atoms with Crippen LogP contribution in [0.25, 0.3) is 0 Å². The van der Waals surface area contributed by atoms with Gasteiger partial charge in [-0.1, -0.05) is 194 Å². The van der Waals surface area contributed by atoms with Gasteiger partial charge in [-0.3, -0.25) is 0 Å². The third kappa shape index (κ3) is 41.9. The zero-order valence-corrected chi connectivity index (χ0v) is 32.9. The molecule has 0 unspecified atom stereocenters. The van der Waals surface area contributed by atoms with Crippen molar-refractivity contribution in [3.63, 3.8) is 0 Å². The minimum absolute atomic E-state index is 0.862. The largest absolute Gasteiger partial charge is 0.330 e. The highest BCUT2D eigenvalue weighted by atomic mass is 31.2. The van der Waals surface area contributed by atoms with Crippen LogP contribution < -0.4 is 5.73 Å². The molecule has 0 aromatic rings. The number of hydrogen-bond acceptors (Lipinski definition) is 2. The van der Waals surface area contributed by atoms with Gasteiger partial charge in [-0.2, -0.15) is 0 Å². The number of rotatable bonds is 36.